The number of aliphatic hydroxyl groups excluding tert-OH is 1. The number of nitrogens with zero attached hydrogens (tertiary/aromatic N) is 1. The van der Waals surface area contributed by atoms with Gasteiger partial charge < -0.3 is 19.7 Å². The lowest BCUT2D eigenvalue weighted by molar-refractivity contribution is -0.135. The number of pyridine rings is 1. The number of aryl methyl sites for hydroxylation is 1. The van der Waals surface area contributed by atoms with Crippen LogP contribution in [0.15, 0.2) is 42.5 Å². The SMILES string of the molecule is COc1ccc(CCCCCCCCOc2ccc(CO)nc2C=CCC(=O)O)cc1. The molecule has 0 saturated carbocycles. The zero-order valence-electron chi connectivity index (χ0n) is 18.3. The average Bonchev–Trinajstić information content (AvgIpc) is 2.78. The highest BCUT2D eigenvalue weighted by Crippen LogP contribution is 2.20. The third-order valence-electron chi connectivity index (χ3n) is 4.95. The van der Waals surface area contributed by atoms with E-state index < -0.39 is 5.97 Å². The van der Waals surface area contributed by atoms with Crippen molar-refractivity contribution >= 4 is 12.0 Å². The van der Waals surface area contributed by atoms with Gasteiger partial charge >= 0.3 is 5.97 Å². The minimum absolute atomic E-state index is 0.0804. The van der Waals surface area contributed by atoms with Crippen molar-refractivity contribution in [2.75, 3.05) is 13.7 Å². The van der Waals surface area contributed by atoms with Gasteiger partial charge in [-0.25, -0.2) is 4.98 Å². The summed E-state index contributed by atoms with van der Waals surface area (Å²) in [4.78, 5) is 15.0. The Morgan fingerprint density at radius 3 is 2.39 bits per heavy atom. The van der Waals surface area contributed by atoms with Crippen LogP contribution in [0.2, 0.25) is 0 Å². The van der Waals surface area contributed by atoms with Crippen LogP contribution in [-0.4, -0.2) is 34.9 Å². The van der Waals surface area contributed by atoms with Gasteiger partial charge in [0.05, 0.1) is 32.4 Å². The molecule has 2 rings (SSSR count). The minimum atomic E-state index is -0.902. The van der Waals surface area contributed by atoms with Crippen LogP contribution in [0.1, 0.15) is 61.9 Å². The number of rotatable bonds is 15. The molecule has 0 spiro atoms. The summed E-state index contributed by atoms with van der Waals surface area (Å²) in [6.45, 7) is 0.421. The molecule has 6 nitrogen and oxygen atoms in total. The van der Waals surface area contributed by atoms with Crippen LogP contribution in [0.5, 0.6) is 11.5 Å². The molecule has 31 heavy (non-hydrogen) atoms. The summed E-state index contributed by atoms with van der Waals surface area (Å²) < 4.78 is 11.0. The Labute approximate surface area is 184 Å². The summed E-state index contributed by atoms with van der Waals surface area (Å²) in [6, 6.07) is 11.8. The molecule has 0 aliphatic carbocycles. The second kappa shape index (κ2) is 14.2. The van der Waals surface area contributed by atoms with Gasteiger partial charge in [0.2, 0.25) is 0 Å². The number of unbranched alkanes of at least 4 members (excludes halogenated alkanes) is 5. The van der Waals surface area contributed by atoms with Gasteiger partial charge in [-0.1, -0.05) is 43.9 Å². The molecule has 6 heteroatoms. The number of methoxy groups -OCH3 is 1. The molecule has 2 N–H and O–H groups in total. The Morgan fingerprint density at radius 1 is 1.00 bits per heavy atom. The summed E-state index contributed by atoms with van der Waals surface area (Å²) >= 11 is 0. The number of aliphatic hydroxyl groups is 1. The first-order valence-electron chi connectivity index (χ1n) is 10.9. The summed E-state index contributed by atoms with van der Waals surface area (Å²) in [5.41, 5.74) is 2.42. The molecule has 1 aromatic carbocycles. The van der Waals surface area contributed by atoms with Crippen LogP contribution >= 0.6 is 0 Å². The second-order valence-corrected chi connectivity index (χ2v) is 7.41. The highest BCUT2D eigenvalue weighted by molar-refractivity contribution is 5.70. The van der Waals surface area contributed by atoms with E-state index in [1.54, 1.807) is 25.3 Å². The van der Waals surface area contributed by atoms with Gasteiger partial charge in [-0.15, -0.1) is 0 Å². The fraction of sp³-hybridized carbons (Fsp3) is 0.440. The van der Waals surface area contributed by atoms with Gasteiger partial charge in [-0.2, -0.15) is 0 Å². The topological polar surface area (TPSA) is 88.9 Å². The number of hydrogen-bond donors (Lipinski definition) is 2. The molecular weight excluding hydrogens is 394 g/mol. The van der Waals surface area contributed by atoms with Crippen molar-refractivity contribution in [2.24, 2.45) is 0 Å². The van der Waals surface area contributed by atoms with Crippen molar-refractivity contribution in [2.45, 2.75) is 58.0 Å². The lowest BCUT2D eigenvalue weighted by Gasteiger charge is -2.10. The van der Waals surface area contributed by atoms with Crippen LogP contribution in [0.4, 0.5) is 0 Å². The number of aromatic nitrogens is 1. The van der Waals surface area contributed by atoms with Crippen molar-refractivity contribution in [3.8, 4) is 11.5 Å². The maximum absolute atomic E-state index is 10.7. The molecule has 0 aliphatic rings. The fourth-order valence-corrected chi connectivity index (χ4v) is 3.22. The lowest BCUT2D eigenvalue weighted by Crippen LogP contribution is -2.02. The zero-order valence-corrected chi connectivity index (χ0v) is 18.3. The Bertz CT molecular complexity index is 817. The normalized spacial score (nSPS) is 11.0. The van der Waals surface area contributed by atoms with Gasteiger partial charge in [0, 0.05) is 0 Å². The third-order valence-corrected chi connectivity index (χ3v) is 4.95. The van der Waals surface area contributed by atoms with E-state index >= 15 is 0 Å². The average molecular weight is 428 g/mol. The predicted molar refractivity (Wildman–Crippen MR) is 121 cm³/mol. The maximum atomic E-state index is 10.7. The van der Waals surface area contributed by atoms with Crippen molar-refractivity contribution in [1.82, 2.24) is 4.98 Å². The van der Waals surface area contributed by atoms with Crippen LogP contribution in [0, 0.1) is 0 Å². The summed E-state index contributed by atoms with van der Waals surface area (Å²) in [5, 5.41) is 18.0. The smallest absolute Gasteiger partial charge is 0.307 e. The molecule has 0 atom stereocenters. The molecule has 0 aliphatic heterocycles. The van der Waals surface area contributed by atoms with Crippen LogP contribution in [0.25, 0.3) is 6.08 Å². The van der Waals surface area contributed by atoms with Crippen LogP contribution < -0.4 is 9.47 Å². The van der Waals surface area contributed by atoms with Gasteiger partial charge in [-0.3, -0.25) is 4.79 Å². The summed E-state index contributed by atoms with van der Waals surface area (Å²) in [7, 11) is 1.68. The van der Waals surface area contributed by atoms with E-state index in [2.05, 4.69) is 17.1 Å². The van der Waals surface area contributed by atoms with Crippen molar-refractivity contribution in [1.29, 1.82) is 0 Å². The standard InChI is InChI=1S/C25H33NO5/c1-30-22-15-12-20(13-16-22)9-6-4-2-3-5-7-18-31-24-17-14-21(19-27)26-23(24)10-8-11-25(28)29/h8,10,12-17,27H,2-7,9,11,18-19H2,1H3,(H,28,29). The Kier molecular flexibility index (Phi) is 11.2. The molecule has 1 aromatic heterocycles. The molecular formula is C25H33NO5. The number of carbonyl (C=O) groups is 1. The maximum Gasteiger partial charge on any atom is 0.307 e. The number of aliphatic carboxylic acids is 1. The Hall–Kier alpha value is -2.86. The van der Waals surface area contributed by atoms with E-state index in [0.717, 1.165) is 25.0 Å². The van der Waals surface area contributed by atoms with Crippen molar-refractivity contribution in [3.63, 3.8) is 0 Å². The molecule has 0 unspecified atom stereocenters. The van der Waals surface area contributed by atoms with Gasteiger partial charge in [0.15, 0.2) is 0 Å². The number of hydrogen-bond acceptors (Lipinski definition) is 5. The molecule has 0 saturated heterocycles. The fourth-order valence-electron chi connectivity index (χ4n) is 3.22. The number of carboxylic acid groups (broad SMARTS) is 1. The highest BCUT2D eigenvalue weighted by Gasteiger charge is 2.05. The van der Waals surface area contributed by atoms with E-state index in [1.807, 2.05) is 12.1 Å². The first-order chi connectivity index (χ1) is 15.1. The van der Waals surface area contributed by atoms with E-state index in [9.17, 15) is 9.90 Å². The molecule has 168 valence electrons. The molecule has 0 bridgehead atoms. The van der Waals surface area contributed by atoms with E-state index in [0.29, 0.717) is 23.7 Å². The molecule has 1 heterocycles. The summed E-state index contributed by atoms with van der Waals surface area (Å²) in [5.74, 6) is 0.605. The van der Waals surface area contributed by atoms with E-state index in [-0.39, 0.29) is 13.0 Å². The van der Waals surface area contributed by atoms with Crippen LogP contribution in [0.3, 0.4) is 0 Å². The number of ether oxygens (including phenoxy) is 2. The van der Waals surface area contributed by atoms with E-state index in [4.69, 9.17) is 14.6 Å². The Morgan fingerprint density at radius 2 is 1.71 bits per heavy atom. The largest absolute Gasteiger partial charge is 0.497 e. The third kappa shape index (κ3) is 9.66. The van der Waals surface area contributed by atoms with Gasteiger partial charge in [-0.05, 0) is 55.2 Å². The lowest BCUT2D eigenvalue weighted by atomic mass is 10.0. The van der Waals surface area contributed by atoms with Gasteiger partial charge in [0.1, 0.15) is 17.2 Å². The van der Waals surface area contributed by atoms with Crippen LogP contribution in [-0.2, 0) is 17.8 Å². The quantitative estimate of drug-likeness (QED) is 0.388. The van der Waals surface area contributed by atoms with E-state index in [1.165, 1.54) is 37.3 Å². The second-order valence-electron chi connectivity index (χ2n) is 7.41. The minimum Gasteiger partial charge on any atom is -0.497 e. The first kappa shape index (κ1) is 24.4. The molecule has 2 aromatic rings. The zero-order chi connectivity index (χ0) is 22.3. The molecule has 0 amide bonds. The van der Waals surface area contributed by atoms with Crippen molar-refractivity contribution in [3.05, 3.63) is 59.4 Å². The highest BCUT2D eigenvalue weighted by atomic mass is 16.5. The number of carboxylic acids is 1. The van der Waals surface area contributed by atoms with Gasteiger partial charge in [0.25, 0.3) is 0 Å². The van der Waals surface area contributed by atoms with Crippen molar-refractivity contribution < 1.29 is 24.5 Å². The molecule has 0 radical (unpaired) electrons. The number of benzene rings is 1. The first-order valence-corrected chi connectivity index (χ1v) is 10.9. The summed E-state index contributed by atoms with van der Waals surface area (Å²) in [6.07, 6.45) is 11.1. The predicted octanol–water partition coefficient (Wildman–Crippen LogP) is 5.03. The Balaban J connectivity index is 1.62. The monoisotopic (exact) mass is 427 g/mol. The molecule has 0 fully saturated rings.